The number of pyridine rings is 1. The van der Waals surface area contributed by atoms with Gasteiger partial charge in [0, 0.05) is 17.2 Å². The van der Waals surface area contributed by atoms with Crippen molar-refractivity contribution in [3.05, 3.63) is 30.2 Å². The van der Waals surface area contributed by atoms with E-state index in [1.165, 1.54) is 0 Å². The number of nitrogens with zero attached hydrogens (tertiary/aromatic N) is 1. The van der Waals surface area contributed by atoms with Gasteiger partial charge in [0.1, 0.15) is 5.52 Å². The molecule has 0 N–H and O–H groups in total. The van der Waals surface area contributed by atoms with Crippen LogP contribution in [0.2, 0.25) is 0 Å². The summed E-state index contributed by atoms with van der Waals surface area (Å²) < 4.78 is 5.26. The van der Waals surface area contributed by atoms with Crippen LogP contribution in [-0.2, 0) is 5.41 Å². The molecular weight excluding hydrogens is 174 g/mol. The highest BCUT2D eigenvalue weighted by atomic mass is 16.3. The first-order valence-corrected chi connectivity index (χ1v) is 4.98. The quantitative estimate of drug-likeness (QED) is 0.722. The number of aromatic nitrogens is 1. The Morgan fingerprint density at radius 3 is 2.79 bits per heavy atom. The van der Waals surface area contributed by atoms with Crippen molar-refractivity contribution in [1.82, 2.24) is 4.98 Å². The van der Waals surface area contributed by atoms with Crippen molar-refractivity contribution in [3.63, 3.8) is 0 Å². The average molecular weight is 189 g/mol. The van der Waals surface area contributed by atoms with Crippen molar-refractivity contribution < 1.29 is 4.42 Å². The lowest BCUT2D eigenvalue weighted by molar-refractivity contribution is 0.492. The molecule has 0 aliphatic heterocycles. The average Bonchev–Trinajstić information content (AvgIpc) is 2.64. The maximum absolute atomic E-state index is 5.26. The Bertz CT molecular complexity index is 442. The summed E-state index contributed by atoms with van der Waals surface area (Å²) in [6.07, 6.45) is 2.77. The number of rotatable bonds is 2. The van der Waals surface area contributed by atoms with E-state index in [0.29, 0.717) is 0 Å². The van der Waals surface area contributed by atoms with E-state index in [9.17, 15) is 0 Å². The molecule has 0 unspecified atom stereocenters. The van der Waals surface area contributed by atoms with Crippen LogP contribution in [0.15, 0.2) is 28.9 Å². The number of furan rings is 1. The van der Waals surface area contributed by atoms with Crippen molar-refractivity contribution in [2.45, 2.75) is 32.6 Å². The molecule has 0 amide bonds. The maximum atomic E-state index is 5.26. The summed E-state index contributed by atoms with van der Waals surface area (Å²) in [7, 11) is 0. The lowest BCUT2D eigenvalue weighted by atomic mass is 9.86. The van der Waals surface area contributed by atoms with E-state index < -0.39 is 0 Å². The van der Waals surface area contributed by atoms with Crippen molar-refractivity contribution in [2.75, 3.05) is 0 Å². The van der Waals surface area contributed by atoms with E-state index >= 15 is 0 Å². The van der Waals surface area contributed by atoms with Gasteiger partial charge in [0.05, 0.1) is 6.26 Å². The van der Waals surface area contributed by atoms with Crippen LogP contribution in [-0.4, -0.2) is 4.98 Å². The van der Waals surface area contributed by atoms with Gasteiger partial charge in [-0.1, -0.05) is 20.8 Å². The van der Waals surface area contributed by atoms with Gasteiger partial charge in [0.25, 0.3) is 0 Å². The number of hydrogen-bond acceptors (Lipinski definition) is 2. The molecule has 0 bridgehead atoms. The monoisotopic (exact) mass is 189 g/mol. The minimum Gasteiger partial charge on any atom is -0.463 e. The van der Waals surface area contributed by atoms with Crippen LogP contribution in [0.5, 0.6) is 0 Å². The van der Waals surface area contributed by atoms with E-state index in [4.69, 9.17) is 4.42 Å². The molecule has 0 aromatic carbocycles. The van der Waals surface area contributed by atoms with Crippen molar-refractivity contribution in [2.24, 2.45) is 0 Å². The van der Waals surface area contributed by atoms with E-state index in [1.54, 1.807) is 6.26 Å². The molecular formula is C12H15NO. The molecule has 0 radical (unpaired) electrons. The maximum Gasteiger partial charge on any atom is 0.152 e. The molecule has 0 aliphatic rings. The fourth-order valence-corrected chi connectivity index (χ4v) is 1.41. The van der Waals surface area contributed by atoms with Gasteiger partial charge in [0.2, 0.25) is 0 Å². The molecule has 2 aromatic heterocycles. The van der Waals surface area contributed by atoms with Crippen molar-refractivity contribution in [1.29, 1.82) is 0 Å². The third-order valence-corrected chi connectivity index (χ3v) is 2.88. The van der Waals surface area contributed by atoms with Crippen LogP contribution >= 0.6 is 0 Å². The van der Waals surface area contributed by atoms with Crippen LogP contribution < -0.4 is 0 Å². The molecule has 0 atom stereocenters. The predicted molar refractivity (Wildman–Crippen MR) is 57.3 cm³/mol. The zero-order valence-electron chi connectivity index (χ0n) is 8.87. The molecule has 2 rings (SSSR count). The van der Waals surface area contributed by atoms with Crippen LogP contribution in [0.3, 0.4) is 0 Å². The van der Waals surface area contributed by atoms with Gasteiger partial charge in [-0.3, -0.25) is 0 Å². The van der Waals surface area contributed by atoms with Crippen molar-refractivity contribution in [3.8, 4) is 0 Å². The van der Waals surface area contributed by atoms with Gasteiger partial charge in [-0.05, 0) is 18.6 Å². The number of fused-ring (bicyclic) bond motifs is 1. The summed E-state index contributed by atoms with van der Waals surface area (Å²) in [5.74, 6) is 0. The van der Waals surface area contributed by atoms with Gasteiger partial charge in [-0.25, -0.2) is 4.98 Å². The molecule has 2 nitrogen and oxygen atoms in total. The Balaban J connectivity index is 2.53. The van der Waals surface area contributed by atoms with E-state index in [0.717, 1.165) is 23.2 Å². The molecule has 0 spiro atoms. The first-order chi connectivity index (χ1) is 6.63. The van der Waals surface area contributed by atoms with Gasteiger partial charge in [-0.2, -0.15) is 0 Å². The minimum atomic E-state index is 0.144. The number of hydrogen-bond donors (Lipinski definition) is 0. The zero-order valence-corrected chi connectivity index (χ0v) is 8.87. The fraction of sp³-hybridized carbons (Fsp3) is 0.417. The fourth-order valence-electron chi connectivity index (χ4n) is 1.41. The Kier molecular flexibility index (Phi) is 2.06. The zero-order chi connectivity index (χ0) is 10.2. The molecule has 0 saturated heterocycles. The standard InChI is InChI=1S/C12H15NO/c1-4-12(2,3)11-6-5-10-9(13-11)7-8-14-10/h5-8H,4H2,1-3H3. The topological polar surface area (TPSA) is 26.0 Å². The summed E-state index contributed by atoms with van der Waals surface area (Å²) in [4.78, 5) is 4.58. The molecule has 14 heavy (non-hydrogen) atoms. The summed E-state index contributed by atoms with van der Waals surface area (Å²) in [5.41, 5.74) is 3.09. The van der Waals surface area contributed by atoms with Crippen molar-refractivity contribution >= 4 is 11.1 Å². The van der Waals surface area contributed by atoms with Gasteiger partial charge in [-0.15, -0.1) is 0 Å². The lowest BCUT2D eigenvalue weighted by Crippen LogP contribution is -2.17. The van der Waals surface area contributed by atoms with Gasteiger partial charge < -0.3 is 4.42 Å². The smallest absolute Gasteiger partial charge is 0.152 e. The molecule has 2 aromatic rings. The summed E-state index contributed by atoms with van der Waals surface area (Å²) in [6, 6.07) is 5.95. The van der Waals surface area contributed by atoms with Crippen LogP contribution in [0, 0.1) is 0 Å². The van der Waals surface area contributed by atoms with Crippen LogP contribution in [0.25, 0.3) is 11.1 Å². The third-order valence-electron chi connectivity index (χ3n) is 2.88. The molecule has 0 aliphatic carbocycles. The second kappa shape index (κ2) is 3.12. The Labute approximate surface area is 84.0 Å². The summed E-state index contributed by atoms with van der Waals surface area (Å²) in [5, 5.41) is 0. The summed E-state index contributed by atoms with van der Waals surface area (Å²) >= 11 is 0. The molecule has 0 saturated carbocycles. The van der Waals surface area contributed by atoms with Gasteiger partial charge >= 0.3 is 0 Å². The molecule has 2 heteroatoms. The van der Waals surface area contributed by atoms with Crippen LogP contribution in [0.4, 0.5) is 0 Å². The van der Waals surface area contributed by atoms with Gasteiger partial charge in [0.15, 0.2) is 5.58 Å². The van der Waals surface area contributed by atoms with E-state index in [-0.39, 0.29) is 5.41 Å². The minimum absolute atomic E-state index is 0.144. The molecule has 0 fully saturated rings. The first kappa shape index (κ1) is 9.25. The molecule has 74 valence electrons. The van der Waals surface area contributed by atoms with Crippen LogP contribution in [0.1, 0.15) is 32.9 Å². The SMILES string of the molecule is CCC(C)(C)c1ccc2occc2n1. The third kappa shape index (κ3) is 1.41. The predicted octanol–water partition coefficient (Wildman–Crippen LogP) is 3.52. The Morgan fingerprint density at radius 2 is 2.07 bits per heavy atom. The van der Waals surface area contributed by atoms with E-state index in [2.05, 4.69) is 31.8 Å². The highest BCUT2D eigenvalue weighted by molar-refractivity contribution is 5.72. The Hall–Kier alpha value is -1.31. The second-order valence-corrected chi connectivity index (χ2v) is 4.24. The largest absolute Gasteiger partial charge is 0.463 e. The lowest BCUT2D eigenvalue weighted by Gasteiger charge is -2.21. The summed E-state index contributed by atoms with van der Waals surface area (Å²) in [6.45, 7) is 6.60. The highest BCUT2D eigenvalue weighted by Gasteiger charge is 2.19. The first-order valence-electron chi connectivity index (χ1n) is 4.98. The Morgan fingerprint density at radius 1 is 1.29 bits per heavy atom. The highest BCUT2D eigenvalue weighted by Crippen LogP contribution is 2.26. The van der Waals surface area contributed by atoms with E-state index in [1.807, 2.05) is 12.1 Å². The normalized spacial score (nSPS) is 12.2. The molecule has 2 heterocycles. The second-order valence-electron chi connectivity index (χ2n) is 4.24.